The standard InChI is InChI=1S/C20H20N2O3/c21-17-18(23)16-8-4-7-15(13-14-5-2-1-3-6-14)19(16)25-20(17)22-9-11-24-12-10-22/h1-8H,9-13,21H2. The highest BCUT2D eigenvalue weighted by Gasteiger charge is 2.21. The quantitative estimate of drug-likeness (QED) is 0.796. The molecule has 4 rings (SSSR count). The van der Waals surface area contributed by atoms with Crippen LogP contribution in [-0.4, -0.2) is 26.3 Å². The lowest BCUT2D eigenvalue weighted by molar-refractivity contribution is 0.121. The van der Waals surface area contributed by atoms with Crippen LogP contribution in [0.4, 0.5) is 11.6 Å². The molecule has 0 aliphatic carbocycles. The molecular weight excluding hydrogens is 316 g/mol. The molecule has 0 amide bonds. The summed E-state index contributed by atoms with van der Waals surface area (Å²) in [4.78, 5) is 14.7. The van der Waals surface area contributed by atoms with Crippen LogP contribution in [0.2, 0.25) is 0 Å². The van der Waals surface area contributed by atoms with E-state index in [4.69, 9.17) is 14.9 Å². The minimum atomic E-state index is -0.169. The Labute approximate surface area is 145 Å². The van der Waals surface area contributed by atoms with E-state index >= 15 is 0 Å². The molecule has 128 valence electrons. The smallest absolute Gasteiger partial charge is 0.223 e. The van der Waals surface area contributed by atoms with Crippen LogP contribution < -0.4 is 16.1 Å². The Morgan fingerprint density at radius 3 is 2.52 bits per heavy atom. The second kappa shape index (κ2) is 6.61. The number of benzene rings is 2. The van der Waals surface area contributed by atoms with Crippen LogP contribution in [0.3, 0.4) is 0 Å². The second-order valence-electron chi connectivity index (χ2n) is 6.21. The van der Waals surface area contributed by atoms with Crippen molar-refractivity contribution < 1.29 is 9.15 Å². The fraction of sp³-hybridized carbons (Fsp3) is 0.250. The normalized spacial score (nSPS) is 14.8. The van der Waals surface area contributed by atoms with Crippen LogP contribution >= 0.6 is 0 Å². The lowest BCUT2D eigenvalue weighted by atomic mass is 10.0. The van der Waals surface area contributed by atoms with Gasteiger partial charge < -0.3 is 19.8 Å². The summed E-state index contributed by atoms with van der Waals surface area (Å²) >= 11 is 0. The number of para-hydroxylation sites is 1. The molecule has 5 heteroatoms. The molecule has 5 nitrogen and oxygen atoms in total. The van der Waals surface area contributed by atoms with Gasteiger partial charge in [-0.25, -0.2) is 0 Å². The first-order chi connectivity index (χ1) is 12.2. The molecule has 0 radical (unpaired) electrons. The van der Waals surface area contributed by atoms with Gasteiger partial charge in [-0.1, -0.05) is 42.5 Å². The van der Waals surface area contributed by atoms with Crippen LogP contribution in [0.25, 0.3) is 11.0 Å². The zero-order chi connectivity index (χ0) is 17.2. The van der Waals surface area contributed by atoms with Gasteiger partial charge in [-0.05, 0) is 11.6 Å². The van der Waals surface area contributed by atoms with Crippen molar-refractivity contribution in [3.63, 3.8) is 0 Å². The fourth-order valence-electron chi connectivity index (χ4n) is 3.23. The minimum absolute atomic E-state index is 0.169. The molecule has 0 bridgehead atoms. The zero-order valence-electron chi connectivity index (χ0n) is 13.9. The maximum atomic E-state index is 12.8. The van der Waals surface area contributed by atoms with Gasteiger partial charge in [0.15, 0.2) is 0 Å². The third kappa shape index (κ3) is 2.98. The molecule has 1 aromatic heterocycles. The van der Waals surface area contributed by atoms with Crippen molar-refractivity contribution in [2.45, 2.75) is 6.42 Å². The summed E-state index contributed by atoms with van der Waals surface area (Å²) in [6.45, 7) is 2.54. The number of rotatable bonds is 3. The Balaban J connectivity index is 1.84. The second-order valence-corrected chi connectivity index (χ2v) is 6.21. The van der Waals surface area contributed by atoms with E-state index in [1.165, 1.54) is 5.56 Å². The molecule has 1 aliphatic heterocycles. The molecule has 3 aromatic rings. The number of nitrogens with zero attached hydrogens (tertiary/aromatic N) is 1. The highest BCUT2D eigenvalue weighted by molar-refractivity contribution is 5.85. The summed E-state index contributed by atoms with van der Waals surface area (Å²) in [7, 11) is 0. The van der Waals surface area contributed by atoms with Crippen LogP contribution in [0.15, 0.2) is 57.7 Å². The third-order valence-electron chi connectivity index (χ3n) is 4.55. The molecule has 2 N–H and O–H groups in total. The summed E-state index contributed by atoms with van der Waals surface area (Å²) in [6.07, 6.45) is 0.702. The van der Waals surface area contributed by atoms with Crippen molar-refractivity contribution in [3.05, 3.63) is 69.9 Å². The van der Waals surface area contributed by atoms with Crippen molar-refractivity contribution in [1.82, 2.24) is 0 Å². The number of nitrogens with two attached hydrogens (primary N) is 1. The average Bonchev–Trinajstić information content (AvgIpc) is 2.66. The van der Waals surface area contributed by atoms with Crippen LogP contribution in [0.1, 0.15) is 11.1 Å². The Kier molecular flexibility index (Phi) is 4.15. The van der Waals surface area contributed by atoms with Gasteiger partial charge in [-0.3, -0.25) is 4.79 Å². The molecule has 0 atom stereocenters. The van der Waals surface area contributed by atoms with E-state index in [-0.39, 0.29) is 11.1 Å². The monoisotopic (exact) mass is 336 g/mol. The van der Waals surface area contributed by atoms with Gasteiger partial charge in [-0.2, -0.15) is 0 Å². The Hall–Kier alpha value is -2.79. The predicted molar refractivity (Wildman–Crippen MR) is 99.2 cm³/mol. The van der Waals surface area contributed by atoms with Crippen LogP contribution in [0.5, 0.6) is 0 Å². The molecule has 2 heterocycles. The summed E-state index contributed by atoms with van der Waals surface area (Å²) < 4.78 is 11.5. The number of morpholine rings is 1. The maximum Gasteiger partial charge on any atom is 0.223 e. The van der Waals surface area contributed by atoms with Crippen molar-refractivity contribution in [3.8, 4) is 0 Å². The van der Waals surface area contributed by atoms with Crippen molar-refractivity contribution in [1.29, 1.82) is 0 Å². The molecule has 0 spiro atoms. The molecule has 25 heavy (non-hydrogen) atoms. The topological polar surface area (TPSA) is 68.7 Å². The first-order valence-electron chi connectivity index (χ1n) is 8.45. The summed E-state index contributed by atoms with van der Waals surface area (Å²) in [5.74, 6) is 0.460. The van der Waals surface area contributed by atoms with Gasteiger partial charge in [0.05, 0.1) is 18.6 Å². The van der Waals surface area contributed by atoms with E-state index in [9.17, 15) is 4.79 Å². The number of anilines is 2. The average molecular weight is 336 g/mol. The number of nitrogen functional groups attached to an aromatic ring is 1. The number of hydrogen-bond acceptors (Lipinski definition) is 5. The van der Waals surface area contributed by atoms with Gasteiger partial charge in [0.25, 0.3) is 0 Å². The lowest BCUT2D eigenvalue weighted by Crippen LogP contribution is -2.37. The Morgan fingerprint density at radius 2 is 1.76 bits per heavy atom. The molecule has 0 saturated carbocycles. The molecule has 0 unspecified atom stereocenters. The fourth-order valence-corrected chi connectivity index (χ4v) is 3.23. The van der Waals surface area contributed by atoms with Gasteiger partial charge in [0.1, 0.15) is 11.3 Å². The zero-order valence-corrected chi connectivity index (χ0v) is 13.9. The highest BCUT2D eigenvalue weighted by atomic mass is 16.5. The predicted octanol–water partition coefficient (Wildman–Crippen LogP) is 2.80. The van der Waals surface area contributed by atoms with Gasteiger partial charge in [-0.15, -0.1) is 0 Å². The van der Waals surface area contributed by atoms with E-state index in [0.717, 1.165) is 5.56 Å². The van der Waals surface area contributed by atoms with Gasteiger partial charge >= 0.3 is 0 Å². The van der Waals surface area contributed by atoms with E-state index in [0.29, 0.717) is 49.6 Å². The third-order valence-corrected chi connectivity index (χ3v) is 4.55. The van der Waals surface area contributed by atoms with E-state index in [1.807, 2.05) is 35.2 Å². The summed E-state index contributed by atoms with van der Waals surface area (Å²) in [5.41, 5.74) is 8.87. The first kappa shape index (κ1) is 15.7. The van der Waals surface area contributed by atoms with Gasteiger partial charge in [0, 0.05) is 25.1 Å². The lowest BCUT2D eigenvalue weighted by Gasteiger charge is -2.28. The maximum absolute atomic E-state index is 12.8. The molecular formula is C20H20N2O3. The number of hydrogen-bond donors (Lipinski definition) is 1. The van der Waals surface area contributed by atoms with Gasteiger partial charge in [0.2, 0.25) is 11.3 Å². The van der Waals surface area contributed by atoms with E-state index in [1.54, 1.807) is 6.07 Å². The highest BCUT2D eigenvalue weighted by Crippen LogP contribution is 2.29. The molecule has 1 aliphatic rings. The molecule has 1 fully saturated rings. The van der Waals surface area contributed by atoms with Crippen molar-refractivity contribution in [2.24, 2.45) is 0 Å². The van der Waals surface area contributed by atoms with Crippen molar-refractivity contribution >= 4 is 22.5 Å². The van der Waals surface area contributed by atoms with E-state index < -0.39 is 0 Å². The Morgan fingerprint density at radius 1 is 1.00 bits per heavy atom. The SMILES string of the molecule is Nc1c(N2CCOCC2)oc2c(Cc3ccccc3)cccc2c1=O. The molecule has 2 aromatic carbocycles. The Bertz CT molecular complexity index is 944. The summed E-state index contributed by atoms with van der Waals surface area (Å²) in [6, 6.07) is 15.8. The van der Waals surface area contributed by atoms with Crippen LogP contribution in [0, 0.1) is 0 Å². The minimum Gasteiger partial charge on any atom is -0.438 e. The number of ether oxygens (including phenoxy) is 1. The molecule has 1 saturated heterocycles. The summed E-state index contributed by atoms with van der Waals surface area (Å²) in [5, 5.41) is 0.531. The van der Waals surface area contributed by atoms with E-state index in [2.05, 4.69) is 12.1 Å². The number of fused-ring (bicyclic) bond motifs is 1. The largest absolute Gasteiger partial charge is 0.438 e. The van der Waals surface area contributed by atoms with Crippen LogP contribution in [-0.2, 0) is 11.2 Å². The first-order valence-corrected chi connectivity index (χ1v) is 8.45. The van der Waals surface area contributed by atoms with Crippen molar-refractivity contribution in [2.75, 3.05) is 36.9 Å².